The summed E-state index contributed by atoms with van der Waals surface area (Å²) >= 11 is 9.44. The number of hydrogen-bond donors (Lipinski definition) is 1. The van der Waals surface area contributed by atoms with Crippen LogP contribution < -0.4 is 5.32 Å². The van der Waals surface area contributed by atoms with Gasteiger partial charge in [-0.2, -0.15) is 0 Å². The number of amides is 1. The van der Waals surface area contributed by atoms with E-state index in [2.05, 4.69) is 40.1 Å². The first-order valence-corrected chi connectivity index (χ1v) is 7.59. The number of rotatable bonds is 2. The predicted octanol–water partition coefficient (Wildman–Crippen LogP) is 3.17. The molecule has 0 aliphatic carbocycles. The Labute approximate surface area is 127 Å². The minimum Gasteiger partial charge on any atom is -0.349 e. The van der Waals surface area contributed by atoms with E-state index in [-0.39, 0.29) is 11.9 Å². The summed E-state index contributed by atoms with van der Waals surface area (Å²) in [5.74, 6) is 0.362. The fourth-order valence-electron chi connectivity index (χ4n) is 2.49. The minimum atomic E-state index is -0.0901. The summed E-state index contributed by atoms with van der Waals surface area (Å²) in [7, 11) is 2.11. The van der Waals surface area contributed by atoms with Gasteiger partial charge in [-0.15, -0.1) is 0 Å². The number of nitrogens with zero attached hydrogens (tertiary/aromatic N) is 1. The van der Waals surface area contributed by atoms with Gasteiger partial charge in [0.15, 0.2) is 0 Å². The third-order valence-electron chi connectivity index (χ3n) is 3.60. The minimum absolute atomic E-state index is 0.0901. The second-order valence-corrected chi connectivity index (χ2v) is 6.56. The Kier molecular flexibility index (Phi) is 4.87. The van der Waals surface area contributed by atoms with Gasteiger partial charge < -0.3 is 10.2 Å². The molecule has 0 radical (unpaired) electrons. The molecule has 0 bridgehead atoms. The number of piperidine rings is 1. The molecule has 19 heavy (non-hydrogen) atoms. The molecule has 2 unspecified atom stereocenters. The Morgan fingerprint density at radius 3 is 2.95 bits per heavy atom. The first-order valence-electron chi connectivity index (χ1n) is 6.42. The summed E-state index contributed by atoms with van der Waals surface area (Å²) in [4.78, 5) is 14.6. The number of halogens is 2. The average molecular weight is 346 g/mol. The van der Waals surface area contributed by atoms with Gasteiger partial charge in [0.05, 0.1) is 10.6 Å². The lowest BCUT2D eigenvalue weighted by molar-refractivity contribution is 0.0884. The molecule has 3 nitrogen and oxygen atoms in total. The van der Waals surface area contributed by atoms with Gasteiger partial charge >= 0.3 is 0 Å². The lowest BCUT2D eigenvalue weighted by atomic mass is 9.94. The summed E-state index contributed by atoms with van der Waals surface area (Å²) in [6.07, 6.45) is 0.981. The molecule has 2 rings (SSSR count). The van der Waals surface area contributed by atoms with E-state index in [0.717, 1.165) is 24.0 Å². The number of nitrogens with one attached hydrogen (secondary N) is 1. The zero-order valence-corrected chi connectivity index (χ0v) is 13.5. The van der Waals surface area contributed by atoms with E-state index >= 15 is 0 Å². The van der Waals surface area contributed by atoms with Gasteiger partial charge in [-0.1, -0.05) is 34.5 Å². The van der Waals surface area contributed by atoms with Gasteiger partial charge in [-0.3, -0.25) is 4.79 Å². The number of benzene rings is 1. The van der Waals surface area contributed by atoms with Crippen molar-refractivity contribution in [3.05, 3.63) is 33.3 Å². The van der Waals surface area contributed by atoms with Crippen LogP contribution in [0.2, 0.25) is 5.02 Å². The van der Waals surface area contributed by atoms with Crippen LogP contribution in [0.25, 0.3) is 0 Å². The van der Waals surface area contributed by atoms with Crippen LogP contribution in [0.3, 0.4) is 0 Å². The third-order valence-corrected chi connectivity index (χ3v) is 4.42. The molecule has 1 fully saturated rings. The Bertz CT molecular complexity index is 481. The molecule has 1 amide bonds. The molecule has 0 aromatic heterocycles. The summed E-state index contributed by atoms with van der Waals surface area (Å²) in [5, 5.41) is 3.59. The van der Waals surface area contributed by atoms with Crippen LogP contribution >= 0.6 is 27.5 Å². The molecule has 1 aliphatic rings. The van der Waals surface area contributed by atoms with Crippen molar-refractivity contribution >= 4 is 33.4 Å². The average Bonchev–Trinajstić information content (AvgIpc) is 2.35. The van der Waals surface area contributed by atoms with E-state index in [1.54, 1.807) is 12.1 Å². The van der Waals surface area contributed by atoms with Crippen molar-refractivity contribution in [1.29, 1.82) is 0 Å². The molecule has 1 aromatic carbocycles. The standard InChI is InChI=1S/C14H18BrClN2O/c1-9-8-18(2)6-5-13(9)17-14(19)11-7-10(15)3-4-12(11)16/h3-4,7,9,13H,5-6,8H2,1-2H3,(H,17,19). The molecule has 0 spiro atoms. The zero-order chi connectivity index (χ0) is 14.0. The maximum absolute atomic E-state index is 12.3. The molecule has 1 aliphatic heterocycles. The monoisotopic (exact) mass is 344 g/mol. The Morgan fingerprint density at radius 1 is 1.53 bits per heavy atom. The van der Waals surface area contributed by atoms with Crippen LogP contribution in [0.5, 0.6) is 0 Å². The maximum Gasteiger partial charge on any atom is 0.253 e. The molecule has 2 atom stereocenters. The van der Waals surface area contributed by atoms with Crippen molar-refractivity contribution in [1.82, 2.24) is 10.2 Å². The lowest BCUT2D eigenvalue weighted by Crippen LogP contribution is -2.48. The second kappa shape index (κ2) is 6.25. The molecule has 1 aromatic rings. The number of carbonyl (C=O) groups is 1. The fourth-order valence-corrected chi connectivity index (χ4v) is 3.05. The lowest BCUT2D eigenvalue weighted by Gasteiger charge is -2.35. The maximum atomic E-state index is 12.3. The Hall–Kier alpha value is -0.580. The van der Waals surface area contributed by atoms with E-state index in [9.17, 15) is 4.79 Å². The normalized spacial score (nSPS) is 24.2. The fraction of sp³-hybridized carbons (Fsp3) is 0.500. The SMILES string of the molecule is CC1CN(C)CCC1NC(=O)c1cc(Br)ccc1Cl. The summed E-state index contributed by atoms with van der Waals surface area (Å²) in [6.45, 7) is 4.20. The van der Waals surface area contributed by atoms with Crippen LogP contribution in [0.1, 0.15) is 23.7 Å². The Morgan fingerprint density at radius 2 is 2.26 bits per heavy atom. The van der Waals surface area contributed by atoms with E-state index < -0.39 is 0 Å². The Balaban J connectivity index is 2.06. The highest BCUT2D eigenvalue weighted by Gasteiger charge is 2.26. The van der Waals surface area contributed by atoms with Crippen molar-refractivity contribution in [3.63, 3.8) is 0 Å². The molecule has 1 saturated heterocycles. The van der Waals surface area contributed by atoms with Crippen molar-refractivity contribution in [3.8, 4) is 0 Å². The smallest absolute Gasteiger partial charge is 0.253 e. The van der Waals surface area contributed by atoms with E-state index in [1.165, 1.54) is 0 Å². The molecule has 0 saturated carbocycles. The van der Waals surface area contributed by atoms with Crippen LogP contribution in [0.15, 0.2) is 22.7 Å². The largest absolute Gasteiger partial charge is 0.349 e. The molecular weight excluding hydrogens is 328 g/mol. The summed E-state index contributed by atoms with van der Waals surface area (Å²) < 4.78 is 0.860. The molecule has 1 N–H and O–H groups in total. The number of hydrogen-bond acceptors (Lipinski definition) is 2. The molecule has 5 heteroatoms. The van der Waals surface area contributed by atoms with Crippen molar-refractivity contribution in [2.45, 2.75) is 19.4 Å². The highest BCUT2D eigenvalue weighted by Crippen LogP contribution is 2.22. The van der Waals surface area contributed by atoms with Crippen molar-refractivity contribution in [2.75, 3.05) is 20.1 Å². The highest BCUT2D eigenvalue weighted by atomic mass is 79.9. The molecule has 104 valence electrons. The van der Waals surface area contributed by atoms with Gasteiger partial charge in [0.1, 0.15) is 0 Å². The number of carbonyl (C=O) groups excluding carboxylic acids is 1. The van der Waals surface area contributed by atoms with Gasteiger partial charge in [0.25, 0.3) is 5.91 Å². The van der Waals surface area contributed by atoms with E-state index in [1.807, 2.05) is 6.07 Å². The predicted molar refractivity (Wildman–Crippen MR) is 81.7 cm³/mol. The van der Waals surface area contributed by atoms with Gasteiger partial charge in [-0.05, 0) is 44.1 Å². The highest BCUT2D eigenvalue weighted by molar-refractivity contribution is 9.10. The van der Waals surface area contributed by atoms with Crippen LogP contribution in [-0.4, -0.2) is 37.0 Å². The van der Waals surface area contributed by atoms with E-state index in [0.29, 0.717) is 16.5 Å². The summed E-state index contributed by atoms with van der Waals surface area (Å²) in [5.41, 5.74) is 0.530. The van der Waals surface area contributed by atoms with Gasteiger partial charge in [-0.25, -0.2) is 0 Å². The number of likely N-dealkylation sites (tertiary alicyclic amines) is 1. The van der Waals surface area contributed by atoms with Crippen LogP contribution in [0, 0.1) is 5.92 Å². The topological polar surface area (TPSA) is 32.3 Å². The van der Waals surface area contributed by atoms with Crippen molar-refractivity contribution < 1.29 is 4.79 Å². The van der Waals surface area contributed by atoms with Crippen molar-refractivity contribution in [2.24, 2.45) is 5.92 Å². The molecular formula is C14H18BrClN2O. The second-order valence-electron chi connectivity index (χ2n) is 5.23. The van der Waals surface area contributed by atoms with Crippen LogP contribution in [-0.2, 0) is 0 Å². The third kappa shape index (κ3) is 3.71. The van der Waals surface area contributed by atoms with Gasteiger partial charge in [0.2, 0.25) is 0 Å². The van der Waals surface area contributed by atoms with Crippen LogP contribution in [0.4, 0.5) is 0 Å². The van der Waals surface area contributed by atoms with E-state index in [4.69, 9.17) is 11.6 Å². The molecule has 1 heterocycles. The first-order chi connectivity index (χ1) is 8.97. The first kappa shape index (κ1) is 14.8. The summed E-state index contributed by atoms with van der Waals surface area (Å²) in [6, 6.07) is 5.55. The van der Waals surface area contributed by atoms with Gasteiger partial charge in [0, 0.05) is 17.1 Å². The zero-order valence-electron chi connectivity index (χ0n) is 11.1. The quantitative estimate of drug-likeness (QED) is 0.893.